The molecule has 2 nitrogen and oxygen atoms in total. The summed E-state index contributed by atoms with van der Waals surface area (Å²) in [5.74, 6) is 0.664. The number of alkyl halides is 1. The molecule has 2 N–H and O–H groups in total. The second-order valence-corrected chi connectivity index (χ2v) is 9.73. The lowest BCUT2D eigenvalue weighted by molar-refractivity contribution is 0.0417. The van der Waals surface area contributed by atoms with Crippen LogP contribution in [-0.4, -0.2) is 22.7 Å². The molecule has 3 atom stereocenters. The van der Waals surface area contributed by atoms with E-state index in [1.165, 1.54) is 75.3 Å². The maximum atomic E-state index is 6.51. The van der Waals surface area contributed by atoms with E-state index < -0.39 is 0 Å². The minimum Gasteiger partial charge on any atom is -0.378 e. The van der Waals surface area contributed by atoms with Crippen LogP contribution in [0.15, 0.2) is 18.2 Å². The smallest absolute Gasteiger partial charge is 0.0618 e. The molecular weight excluding hydrogens is 445 g/mol. The summed E-state index contributed by atoms with van der Waals surface area (Å²) in [4.78, 5) is 0. The Bertz CT molecular complexity index is 590. The third-order valence-corrected chi connectivity index (χ3v) is 8.17. The highest BCUT2D eigenvalue weighted by molar-refractivity contribution is 14.1. The van der Waals surface area contributed by atoms with Gasteiger partial charge in [0.25, 0.3) is 0 Å². The number of unbranched alkanes of at least 4 members (excludes halogenated alkanes) is 5. The Morgan fingerprint density at radius 1 is 1.11 bits per heavy atom. The lowest BCUT2D eigenvalue weighted by atomic mass is 9.85. The fourth-order valence-corrected chi connectivity index (χ4v) is 5.53. The van der Waals surface area contributed by atoms with Crippen LogP contribution in [0.2, 0.25) is 0 Å². The predicted octanol–water partition coefficient (Wildman–Crippen LogP) is 6.32. The molecule has 3 heteroatoms. The van der Waals surface area contributed by atoms with E-state index in [0.29, 0.717) is 12.0 Å². The summed E-state index contributed by atoms with van der Waals surface area (Å²) in [5.41, 5.74) is 11.2. The number of nitrogens with two attached hydrogens (primary N) is 1. The molecule has 0 heterocycles. The molecule has 0 aromatic heterocycles. The molecule has 3 rings (SSSR count). The lowest BCUT2D eigenvalue weighted by Gasteiger charge is -2.26. The highest BCUT2D eigenvalue weighted by atomic mass is 127. The highest BCUT2D eigenvalue weighted by Gasteiger charge is 2.35. The van der Waals surface area contributed by atoms with Gasteiger partial charge >= 0.3 is 0 Å². The fraction of sp³-hybridized carbons (Fsp3) is 0.750. The Labute approximate surface area is 180 Å². The van der Waals surface area contributed by atoms with Gasteiger partial charge in [-0.05, 0) is 67.6 Å². The average Bonchev–Trinajstić information content (AvgIpc) is 3.10. The molecule has 0 aliphatic heterocycles. The van der Waals surface area contributed by atoms with Gasteiger partial charge in [-0.3, -0.25) is 0 Å². The van der Waals surface area contributed by atoms with Crippen molar-refractivity contribution in [3.63, 3.8) is 0 Å². The van der Waals surface area contributed by atoms with Gasteiger partial charge in [-0.15, -0.1) is 0 Å². The lowest BCUT2D eigenvalue weighted by Crippen LogP contribution is -2.38. The summed E-state index contributed by atoms with van der Waals surface area (Å²) >= 11 is 2.46. The fourth-order valence-electron chi connectivity index (χ4n) is 4.83. The van der Waals surface area contributed by atoms with E-state index in [4.69, 9.17) is 10.5 Å². The number of aryl methyl sites for hydroxylation is 1. The van der Waals surface area contributed by atoms with Crippen LogP contribution in [0.1, 0.15) is 93.7 Å². The molecule has 2 aliphatic carbocycles. The maximum Gasteiger partial charge on any atom is 0.0618 e. The zero-order valence-corrected chi connectivity index (χ0v) is 19.3. The number of ether oxygens (including phenoxy) is 1. The van der Waals surface area contributed by atoms with Crippen molar-refractivity contribution in [3.8, 4) is 0 Å². The van der Waals surface area contributed by atoms with Crippen LogP contribution in [0.4, 0.5) is 0 Å². The molecule has 0 radical (unpaired) electrons. The first-order chi connectivity index (χ1) is 13.1. The molecule has 0 saturated heterocycles. The summed E-state index contributed by atoms with van der Waals surface area (Å²) in [5, 5.41) is 0. The Hall–Kier alpha value is -0.130. The van der Waals surface area contributed by atoms with Crippen LogP contribution in [-0.2, 0) is 17.6 Å². The van der Waals surface area contributed by atoms with E-state index in [0.717, 1.165) is 23.9 Å². The van der Waals surface area contributed by atoms with Gasteiger partial charge in [0.1, 0.15) is 0 Å². The van der Waals surface area contributed by atoms with Crippen molar-refractivity contribution < 1.29 is 4.74 Å². The van der Waals surface area contributed by atoms with Crippen molar-refractivity contribution in [2.24, 2.45) is 5.73 Å². The van der Waals surface area contributed by atoms with E-state index in [1.54, 1.807) is 5.56 Å². The Kier molecular flexibility index (Phi) is 8.46. The van der Waals surface area contributed by atoms with Gasteiger partial charge in [0.15, 0.2) is 0 Å². The van der Waals surface area contributed by atoms with Gasteiger partial charge in [-0.1, -0.05) is 79.8 Å². The van der Waals surface area contributed by atoms with Crippen molar-refractivity contribution in [3.05, 3.63) is 34.9 Å². The van der Waals surface area contributed by atoms with Gasteiger partial charge in [-0.2, -0.15) is 0 Å². The number of hydrogen-bond donors (Lipinski definition) is 1. The molecule has 0 bridgehead atoms. The quantitative estimate of drug-likeness (QED) is 0.240. The molecule has 0 amide bonds. The van der Waals surface area contributed by atoms with Crippen LogP contribution in [0.3, 0.4) is 0 Å². The van der Waals surface area contributed by atoms with Crippen molar-refractivity contribution in [1.82, 2.24) is 0 Å². The number of fused-ring (bicyclic) bond motifs is 1. The van der Waals surface area contributed by atoms with Crippen LogP contribution in [0.5, 0.6) is 0 Å². The number of benzene rings is 1. The molecule has 0 spiro atoms. The first-order valence-corrected chi connectivity index (χ1v) is 12.7. The van der Waals surface area contributed by atoms with Crippen LogP contribution < -0.4 is 5.73 Å². The molecule has 152 valence electrons. The zero-order valence-electron chi connectivity index (χ0n) is 17.1. The summed E-state index contributed by atoms with van der Waals surface area (Å²) < 4.78 is 7.27. The third kappa shape index (κ3) is 6.17. The van der Waals surface area contributed by atoms with Gasteiger partial charge in [0, 0.05) is 16.6 Å². The Morgan fingerprint density at radius 3 is 2.70 bits per heavy atom. The SMILES string of the molecule is CCCCCCCCOC1CCc2cc([C@H]3CC[C@](N)(CI)C3)ccc2C1. The summed E-state index contributed by atoms with van der Waals surface area (Å²) in [6.07, 6.45) is 15.5. The third-order valence-electron chi connectivity index (χ3n) is 6.65. The highest BCUT2D eigenvalue weighted by Crippen LogP contribution is 2.41. The number of rotatable bonds is 10. The van der Waals surface area contributed by atoms with Crippen LogP contribution in [0.25, 0.3) is 0 Å². The molecule has 1 saturated carbocycles. The first kappa shape index (κ1) is 21.6. The predicted molar refractivity (Wildman–Crippen MR) is 124 cm³/mol. The first-order valence-electron chi connectivity index (χ1n) is 11.2. The van der Waals surface area contributed by atoms with Crippen molar-refractivity contribution in [1.29, 1.82) is 0 Å². The molecular formula is C24H38INO. The van der Waals surface area contributed by atoms with Crippen molar-refractivity contribution >= 4 is 22.6 Å². The zero-order chi connectivity index (χ0) is 19.1. The van der Waals surface area contributed by atoms with Crippen molar-refractivity contribution in [2.75, 3.05) is 11.0 Å². The number of halogens is 1. The van der Waals surface area contributed by atoms with Crippen molar-refractivity contribution in [2.45, 2.75) is 102 Å². The molecule has 27 heavy (non-hydrogen) atoms. The van der Waals surface area contributed by atoms with Gasteiger partial charge in [0.2, 0.25) is 0 Å². The second-order valence-electron chi connectivity index (χ2n) is 8.97. The summed E-state index contributed by atoms with van der Waals surface area (Å²) in [6.45, 7) is 3.22. The topological polar surface area (TPSA) is 35.2 Å². The van der Waals surface area contributed by atoms with E-state index in [-0.39, 0.29) is 5.54 Å². The average molecular weight is 483 g/mol. The second kappa shape index (κ2) is 10.6. The summed E-state index contributed by atoms with van der Waals surface area (Å²) in [6, 6.07) is 7.24. The molecule has 1 fully saturated rings. The van der Waals surface area contributed by atoms with Gasteiger partial charge in [0.05, 0.1) is 6.10 Å². The van der Waals surface area contributed by atoms with E-state index >= 15 is 0 Å². The largest absolute Gasteiger partial charge is 0.378 e. The van der Waals surface area contributed by atoms with Crippen LogP contribution in [0, 0.1) is 0 Å². The van der Waals surface area contributed by atoms with Gasteiger partial charge in [-0.25, -0.2) is 0 Å². The Morgan fingerprint density at radius 2 is 1.93 bits per heavy atom. The van der Waals surface area contributed by atoms with Gasteiger partial charge < -0.3 is 10.5 Å². The molecule has 1 aromatic carbocycles. The minimum absolute atomic E-state index is 0.0661. The van der Waals surface area contributed by atoms with E-state index in [9.17, 15) is 0 Å². The monoisotopic (exact) mass is 483 g/mol. The number of hydrogen-bond acceptors (Lipinski definition) is 2. The standard InChI is InChI=1S/C24H38INO/c1-2-3-4-5-6-7-14-27-23-11-10-19-15-20(8-9-21(19)16-23)22-12-13-24(26,17-22)18-25/h8-9,15,22-23H,2-7,10-14,16-18,26H2,1H3/t22-,23?,24+/m0/s1. The molecule has 2 aliphatic rings. The maximum absolute atomic E-state index is 6.51. The van der Waals surface area contributed by atoms with Crippen LogP contribution >= 0.6 is 22.6 Å². The summed E-state index contributed by atoms with van der Waals surface area (Å²) in [7, 11) is 0. The minimum atomic E-state index is 0.0661. The molecule has 1 unspecified atom stereocenters. The molecule has 1 aromatic rings. The van der Waals surface area contributed by atoms with E-state index in [1.807, 2.05) is 0 Å². The Balaban J connectivity index is 1.44. The van der Waals surface area contributed by atoms with E-state index in [2.05, 4.69) is 47.7 Å². The normalized spacial score (nSPS) is 27.7.